The molecule has 0 aliphatic rings. The SMILES string of the molecule is CCOc1ccc(OCC(=O)NCCN=[N+]=[N-])cc1. The molecule has 0 saturated heterocycles. The van der Waals surface area contributed by atoms with Crippen LogP contribution in [0.3, 0.4) is 0 Å². The minimum absolute atomic E-state index is 0.0791. The van der Waals surface area contributed by atoms with Crippen LogP contribution in [-0.4, -0.2) is 32.2 Å². The lowest BCUT2D eigenvalue weighted by Crippen LogP contribution is -2.30. The molecule has 0 bridgehead atoms. The summed E-state index contributed by atoms with van der Waals surface area (Å²) >= 11 is 0. The van der Waals surface area contributed by atoms with E-state index in [9.17, 15) is 4.79 Å². The van der Waals surface area contributed by atoms with Gasteiger partial charge in [-0.3, -0.25) is 4.79 Å². The Morgan fingerprint density at radius 2 is 1.95 bits per heavy atom. The summed E-state index contributed by atoms with van der Waals surface area (Å²) in [5.74, 6) is 1.09. The van der Waals surface area contributed by atoms with Crippen LogP contribution < -0.4 is 14.8 Å². The van der Waals surface area contributed by atoms with E-state index in [1.807, 2.05) is 6.92 Å². The van der Waals surface area contributed by atoms with Gasteiger partial charge in [0, 0.05) is 18.0 Å². The van der Waals surface area contributed by atoms with Gasteiger partial charge in [0.2, 0.25) is 0 Å². The molecule has 0 spiro atoms. The Hall–Kier alpha value is -2.40. The average molecular weight is 264 g/mol. The van der Waals surface area contributed by atoms with Crippen molar-refractivity contribution in [1.29, 1.82) is 0 Å². The van der Waals surface area contributed by atoms with E-state index in [1.165, 1.54) is 0 Å². The second kappa shape index (κ2) is 8.66. The minimum atomic E-state index is -0.262. The molecule has 0 radical (unpaired) electrons. The lowest BCUT2D eigenvalue weighted by molar-refractivity contribution is -0.123. The highest BCUT2D eigenvalue weighted by molar-refractivity contribution is 5.77. The van der Waals surface area contributed by atoms with E-state index in [0.29, 0.717) is 18.9 Å². The lowest BCUT2D eigenvalue weighted by Gasteiger charge is -2.07. The van der Waals surface area contributed by atoms with Crippen LogP contribution in [0.1, 0.15) is 6.92 Å². The van der Waals surface area contributed by atoms with E-state index in [4.69, 9.17) is 15.0 Å². The van der Waals surface area contributed by atoms with Gasteiger partial charge in [-0.25, -0.2) is 0 Å². The fraction of sp³-hybridized carbons (Fsp3) is 0.417. The molecule has 0 unspecified atom stereocenters. The number of amides is 1. The number of nitrogens with one attached hydrogen (secondary N) is 1. The zero-order chi connectivity index (χ0) is 13.9. The summed E-state index contributed by atoms with van der Waals surface area (Å²) in [7, 11) is 0. The van der Waals surface area contributed by atoms with Crippen molar-refractivity contribution in [1.82, 2.24) is 5.32 Å². The molecular weight excluding hydrogens is 248 g/mol. The van der Waals surface area contributed by atoms with Gasteiger partial charge in [0.1, 0.15) is 11.5 Å². The second-order valence-corrected chi connectivity index (χ2v) is 3.50. The summed E-state index contributed by atoms with van der Waals surface area (Å²) in [5.41, 5.74) is 8.05. The summed E-state index contributed by atoms with van der Waals surface area (Å²) < 4.78 is 10.6. The third-order valence-corrected chi connectivity index (χ3v) is 2.10. The van der Waals surface area contributed by atoms with Crippen molar-refractivity contribution in [2.24, 2.45) is 5.11 Å². The molecule has 0 heterocycles. The Bertz CT molecular complexity index is 441. The molecule has 0 aliphatic heterocycles. The van der Waals surface area contributed by atoms with Crippen LogP contribution in [-0.2, 0) is 4.79 Å². The normalized spacial score (nSPS) is 9.32. The highest BCUT2D eigenvalue weighted by Crippen LogP contribution is 2.17. The smallest absolute Gasteiger partial charge is 0.257 e. The molecule has 0 atom stereocenters. The molecule has 1 rings (SSSR count). The molecule has 7 nitrogen and oxygen atoms in total. The van der Waals surface area contributed by atoms with E-state index in [-0.39, 0.29) is 19.1 Å². The van der Waals surface area contributed by atoms with Gasteiger partial charge < -0.3 is 14.8 Å². The monoisotopic (exact) mass is 264 g/mol. The van der Waals surface area contributed by atoms with Crippen LogP contribution in [0.15, 0.2) is 29.4 Å². The summed E-state index contributed by atoms with van der Waals surface area (Å²) in [6.07, 6.45) is 0. The van der Waals surface area contributed by atoms with Crippen LogP contribution in [0.2, 0.25) is 0 Å². The van der Waals surface area contributed by atoms with Crippen molar-refractivity contribution in [3.8, 4) is 11.5 Å². The third-order valence-electron chi connectivity index (χ3n) is 2.10. The number of hydrogen-bond acceptors (Lipinski definition) is 4. The van der Waals surface area contributed by atoms with Crippen molar-refractivity contribution < 1.29 is 14.3 Å². The first kappa shape index (κ1) is 14.7. The van der Waals surface area contributed by atoms with Gasteiger partial charge in [0.15, 0.2) is 6.61 Å². The fourth-order valence-electron chi connectivity index (χ4n) is 1.29. The predicted molar refractivity (Wildman–Crippen MR) is 70.1 cm³/mol. The highest BCUT2D eigenvalue weighted by atomic mass is 16.5. The first-order valence-corrected chi connectivity index (χ1v) is 5.89. The molecule has 0 saturated carbocycles. The number of carbonyl (C=O) groups excluding carboxylic acids is 1. The minimum Gasteiger partial charge on any atom is -0.494 e. The fourth-order valence-corrected chi connectivity index (χ4v) is 1.29. The van der Waals surface area contributed by atoms with Crippen LogP contribution >= 0.6 is 0 Å². The molecule has 1 amide bonds. The molecule has 1 aromatic carbocycles. The number of nitrogens with zero attached hydrogens (tertiary/aromatic N) is 3. The first-order chi connectivity index (χ1) is 9.26. The number of carbonyl (C=O) groups is 1. The number of ether oxygens (including phenoxy) is 2. The van der Waals surface area contributed by atoms with E-state index in [0.717, 1.165) is 5.75 Å². The van der Waals surface area contributed by atoms with Gasteiger partial charge in [0.05, 0.1) is 6.61 Å². The maximum absolute atomic E-state index is 11.4. The Balaban J connectivity index is 2.27. The van der Waals surface area contributed by atoms with Gasteiger partial charge in [-0.05, 0) is 36.7 Å². The predicted octanol–water partition coefficient (Wildman–Crippen LogP) is 1.89. The summed E-state index contributed by atoms with van der Waals surface area (Å²) in [5, 5.41) is 5.87. The maximum Gasteiger partial charge on any atom is 0.257 e. The Morgan fingerprint density at radius 1 is 1.32 bits per heavy atom. The quantitative estimate of drug-likeness (QED) is 0.336. The zero-order valence-corrected chi connectivity index (χ0v) is 10.7. The second-order valence-electron chi connectivity index (χ2n) is 3.50. The van der Waals surface area contributed by atoms with Crippen LogP contribution in [0.25, 0.3) is 10.4 Å². The van der Waals surface area contributed by atoms with Crippen molar-refractivity contribution >= 4 is 5.91 Å². The zero-order valence-electron chi connectivity index (χ0n) is 10.7. The van der Waals surface area contributed by atoms with E-state index >= 15 is 0 Å². The van der Waals surface area contributed by atoms with Gasteiger partial charge in [0.25, 0.3) is 5.91 Å². The van der Waals surface area contributed by atoms with Gasteiger partial charge in [-0.2, -0.15) is 0 Å². The molecule has 7 heteroatoms. The number of benzene rings is 1. The Labute approximate surface area is 111 Å². The van der Waals surface area contributed by atoms with Crippen molar-refractivity contribution in [3.05, 3.63) is 34.7 Å². The van der Waals surface area contributed by atoms with Crippen molar-refractivity contribution in [2.45, 2.75) is 6.92 Å². The molecule has 1 N–H and O–H groups in total. The summed E-state index contributed by atoms with van der Waals surface area (Å²) in [6, 6.07) is 7.02. The van der Waals surface area contributed by atoms with Crippen LogP contribution in [0.4, 0.5) is 0 Å². The number of azide groups is 1. The standard InChI is InChI=1S/C12H16N4O3/c1-2-18-10-3-5-11(6-4-10)19-9-12(17)14-7-8-15-16-13/h3-6H,2,7-9H2,1H3,(H,14,17). The largest absolute Gasteiger partial charge is 0.494 e. The highest BCUT2D eigenvalue weighted by Gasteiger charge is 2.02. The third kappa shape index (κ3) is 6.18. The van der Waals surface area contributed by atoms with E-state index < -0.39 is 0 Å². The molecule has 19 heavy (non-hydrogen) atoms. The van der Waals surface area contributed by atoms with E-state index in [1.54, 1.807) is 24.3 Å². The lowest BCUT2D eigenvalue weighted by atomic mass is 10.3. The van der Waals surface area contributed by atoms with Crippen molar-refractivity contribution in [2.75, 3.05) is 26.3 Å². The first-order valence-electron chi connectivity index (χ1n) is 5.89. The molecule has 0 aliphatic carbocycles. The topological polar surface area (TPSA) is 96.3 Å². The summed E-state index contributed by atoms with van der Waals surface area (Å²) in [4.78, 5) is 13.9. The van der Waals surface area contributed by atoms with Crippen molar-refractivity contribution in [3.63, 3.8) is 0 Å². The van der Waals surface area contributed by atoms with Gasteiger partial charge in [-0.1, -0.05) is 5.11 Å². The molecule has 0 fully saturated rings. The van der Waals surface area contributed by atoms with Gasteiger partial charge in [-0.15, -0.1) is 0 Å². The average Bonchev–Trinajstić information content (AvgIpc) is 2.43. The van der Waals surface area contributed by atoms with Crippen LogP contribution in [0.5, 0.6) is 11.5 Å². The Morgan fingerprint density at radius 3 is 2.53 bits per heavy atom. The molecule has 1 aromatic rings. The number of hydrogen-bond donors (Lipinski definition) is 1. The van der Waals surface area contributed by atoms with E-state index in [2.05, 4.69) is 15.3 Å². The molecule has 102 valence electrons. The summed E-state index contributed by atoms with van der Waals surface area (Å²) in [6.45, 7) is 2.96. The molecule has 0 aromatic heterocycles. The van der Waals surface area contributed by atoms with Gasteiger partial charge >= 0.3 is 0 Å². The Kier molecular flexibility index (Phi) is 6.68. The molecular formula is C12H16N4O3. The maximum atomic E-state index is 11.4. The van der Waals surface area contributed by atoms with Crippen LogP contribution in [0, 0.1) is 0 Å². The number of rotatable bonds is 8.